The number of aromatic amines is 1. The van der Waals surface area contributed by atoms with Gasteiger partial charge in [0.2, 0.25) is 5.91 Å². The van der Waals surface area contributed by atoms with Gasteiger partial charge in [-0.15, -0.1) is 0 Å². The molecule has 2 fully saturated rings. The molecule has 1 unspecified atom stereocenters. The molecule has 7 heteroatoms. The molecule has 1 aliphatic carbocycles. The number of rotatable bonds is 5. The maximum atomic E-state index is 12.8. The van der Waals surface area contributed by atoms with E-state index in [9.17, 15) is 9.59 Å². The lowest BCUT2D eigenvalue weighted by Crippen LogP contribution is -2.45. The first-order valence-corrected chi connectivity index (χ1v) is 9.79. The first-order valence-electron chi connectivity index (χ1n) is 9.41. The second-order valence-electron chi connectivity index (χ2n) is 7.55. The summed E-state index contributed by atoms with van der Waals surface area (Å²) < 4.78 is 0. The van der Waals surface area contributed by atoms with Gasteiger partial charge < -0.3 is 10.2 Å². The SMILES string of the molecule is O=C(c1cn[nH]c1)N1CCCC(CNC(=O)C2(c3ccc(Cl)cc3)CC2)C1. The molecular weight excluding hydrogens is 364 g/mol. The molecule has 1 atom stereocenters. The molecule has 0 spiro atoms. The van der Waals surface area contributed by atoms with Crippen LogP contribution in [0.3, 0.4) is 0 Å². The predicted octanol–water partition coefficient (Wildman–Crippen LogP) is 2.76. The summed E-state index contributed by atoms with van der Waals surface area (Å²) in [5.41, 5.74) is 1.22. The summed E-state index contributed by atoms with van der Waals surface area (Å²) in [6.07, 6.45) is 6.88. The summed E-state index contributed by atoms with van der Waals surface area (Å²) in [6, 6.07) is 7.57. The third-order valence-corrected chi connectivity index (χ3v) is 5.94. The monoisotopic (exact) mass is 386 g/mol. The van der Waals surface area contributed by atoms with Crippen molar-refractivity contribution in [3.05, 3.63) is 52.8 Å². The Morgan fingerprint density at radius 3 is 2.74 bits per heavy atom. The number of halogens is 1. The van der Waals surface area contributed by atoms with Crippen LogP contribution in [0.25, 0.3) is 0 Å². The Kier molecular flexibility index (Phi) is 4.91. The van der Waals surface area contributed by atoms with Crippen LogP contribution in [0.4, 0.5) is 0 Å². The van der Waals surface area contributed by atoms with Crippen LogP contribution >= 0.6 is 11.6 Å². The Morgan fingerprint density at radius 1 is 1.30 bits per heavy atom. The van der Waals surface area contributed by atoms with Crippen LogP contribution in [0.1, 0.15) is 41.6 Å². The molecule has 0 radical (unpaired) electrons. The molecule has 1 aliphatic heterocycles. The minimum atomic E-state index is -0.397. The predicted molar refractivity (Wildman–Crippen MR) is 103 cm³/mol. The number of hydrogen-bond acceptors (Lipinski definition) is 3. The number of H-pyrrole nitrogens is 1. The van der Waals surface area contributed by atoms with Crippen LogP contribution in [0, 0.1) is 5.92 Å². The molecular formula is C20H23ClN4O2. The second-order valence-corrected chi connectivity index (χ2v) is 7.98. The van der Waals surface area contributed by atoms with Crippen LogP contribution in [-0.2, 0) is 10.2 Å². The van der Waals surface area contributed by atoms with Crippen molar-refractivity contribution in [2.75, 3.05) is 19.6 Å². The van der Waals surface area contributed by atoms with Gasteiger partial charge in [0.05, 0.1) is 17.2 Å². The number of aromatic nitrogens is 2. The highest BCUT2D eigenvalue weighted by atomic mass is 35.5. The molecule has 1 saturated heterocycles. The smallest absolute Gasteiger partial charge is 0.257 e. The summed E-state index contributed by atoms with van der Waals surface area (Å²) >= 11 is 5.96. The molecule has 6 nitrogen and oxygen atoms in total. The minimum Gasteiger partial charge on any atom is -0.355 e. The fourth-order valence-corrected chi connectivity index (χ4v) is 4.04. The number of likely N-dealkylation sites (tertiary alicyclic amines) is 1. The molecule has 1 aromatic heterocycles. The molecule has 1 saturated carbocycles. The highest BCUT2D eigenvalue weighted by Gasteiger charge is 2.51. The number of piperidine rings is 1. The molecule has 1 aromatic carbocycles. The molecule has 2 heterocycles. The molecule has 2 aromatic rings. The normalized spacial score (nSPS) is 20.9. The van der Waals surface area contributed by atoms with Gasteiger partial charge in [0.1, 0.15) is 0 Å². The highest BCUT2D eigenvalue weighted by Crippen LogP contribution is 2.48. The Balaban J connectivity index is 1.34. The summed E-state index contributed by atoms with van der Waals surface area (Å²) in [7, 11) is 0. The Morgan fingerprint density at radius 2 is 2.07 bits per heavy atom. The summed E-state index contributed by atoms with van der Waals surface area (Å²) in [6.45, 7) is 2.02. The van der Waals surface area contributed by atoms with Gasteiger partial charge >= 0.3 is 0 Å². The minimum absolute atomic E-state index is 0.000367. The first kappa shape index (κ1) is 18.0. The average molecular weight is 387 g/mol. The molecule has 2 amide bonds. The van der Waals surface area contributed by atoms with E-state index >= 15 is 0 Å². The van der Waals surface area contributed by atoms with E-state index in [-0.39, 0.29) is 17.7 Å². The summed E-state index contributed by atoms with van der Waals surface area (Å²) in [5, 5.41) is 10.3. The zero-order chi connectivity index (χ0) is 18.9. The van der Waals surface area contributed by atoms with Crippen molar-refractivity contribution in [2.45, 2.75) is 31.1 Å². The van der Waals surface area contributed by atoms with Gasteiger partial charge in [-0.1, -0.05) is 23.7 Å². The first-order chi connectivity index (χ1) is 13.1. The van der Waals surface area contributed by atoms with Crippen molar-refractivity contribution in [2.24, 2.45) is 5.92 Å². The lowest BCUT2D eigenvalue weighted by Gasteiger charge is -2.33. The third kappa shape index (κ3) is 3.72. The van der Waals surface area contributed by atoms with Crippen molar-refractivity contribution in [3.63, 3.8) is 0 Å². The Labute approximate surface area is 163 Å². The number of benzene rings is 1. The van der Waals surface area contributed by atoms with E-state index in [4.69, 9.17) is 11.6 Å². The van der Waals surface area contributed by atoms with Crippen molar-refractivity contribution >= 4 is 23.4 Å². The van der Waals surface area contributed by atoms with Crippen molar-refractivity contribution < 1.29 is 9.59 Å². The van der Waals surface area contributed by atoms with Gasteiger partial charge in [-0.05, 0) is 49.3 Å². The van der Waals surface area contributed by atoms with Crippen LogP contribution in [0.15, 0.2) is 36.7 Å². The topological polar surface area (TPSA) is 78.1 Å². The van der Waals surface area contributed by atoms with Crippen LogP contribution in [-0.4, -0.2) is 46.5 Å². The Bertz CT molecular complexity index is 815. The number of nitrogens with zero attached hydrogens (tertiary/aromatic N) is 2. The van der Waals surface area contributed by atoms with E-state index in [0.29, 0.717) is 23.7 Å². The fourth-order valence-electron chi connectivity index (χ4n) is 3.91. The number of nitrogens with one attached hydrogen (secondary N) is 2. The second kappa shape index (κ2) is 7.35. The van der Waals surface area contributed by atoms with Crippen LogP contribution in [0.2, 0.25) is 5.02 Å². The maximum Gasteiger partial charge on any atom is 0.257 e. The Hall–Kier alpha value is -2.34. The lowest BCUT2D eigenvalue weighted by atomic mass is 9.93. The lowest BCUT2D eigenvalue weighted by molar-refractivity contribution is -0.123. The van der Waals surface area contributed by atoms with E-state index in [1.165, 1.54) is 0 Å². The van der Waals surface area contributed by atoms with Gasteiger partial charge in [-0.3, -0.25) is 14.7 Å². The van der Waals surface area contributed by atoms with E-state index in [1.54, 1.807) is 12.4 Å². The summed E-state index contributed by atoms with van der Waals surface area (Å²) in [5.74, 6) is 0.363. The number of amides is 2. The molecule has 4 rings (SSSR count). The molecule has 27 heavy (non-hydrogen) atoms. The quantitative estimate of drug-likeness (QED) is 0.829. The molecule has 2 N–H and O–H groups in total. The van der Waals surface area contributed by atoms with Gasteiger partial charge in [-0.2, -0.15) is 5.10 Å². The van der Waals surface area contributed by atoms with Crippen LogP contribution in [0.5, 0.6) is 0 Å². The standard InChI is InChI=1S/C20H23ClN4O2/c21-17-5-3-16(4-6-17)20(7-8-20)19(27)22-10-14-2-1-9-25(13-14)18(26)15-11-23-24-12-15/h3-6,11-12,14H,1-2,7-10,13H2,(H,22,27)(H,23,24). The highest BCUT2D eigenvalue weighted by molar-refractivity contribution is 6.30. The molecule has 0 bridgehead atoms. The van der Waals surface area contributed by atoms with Crippen molar-refractivity contribution in [1.29, 1.82) is 0 Å². The number of hydrogen-bond donors (Lipinski definition) is 2. The van der Waals surface area contributed by atoms with E-state index in [0.717, 1.165) is 37.8 Å². The van der Waals surface area contributed by atoms with E-state index in [2.05, 4.69) is 15.5 Å². The fraction of sp³-hybridized carbons (Fsp3) is 0.450. The number of carbonyl (C=O) groups is 2. The molecule has 2 aliphatic rings. The average Bonchev–Trinajstić information content (AvgIpc) is 3.32. The van der Waals surface area contributed by atoms with Gasteiger partial charge in [-0.25, -0.2) is 0 Å². The summed E-state index contributed by atoms with van der Waals surface area (Å²) in [4.78, 5) is 27.2. The van der Waals surface area contributed by atoms with E-state index < -0.39 is 5.41 Å². The van der Waals surface area contributed by atoms with Crippen molar-refractivity contribution in [1.82, 2.24) is 20.4 Å². The zero-order valence-electron chi connectivity index (χ0n) is 15.1. The third-order valence-electron chi connectivity index (χ3n) is 5.68. The molecule has 142 valence electrons. The van der Waals surface area contributed by atoms with Gasteiger partial charge in [0, 0.05) is 30.9 Å². The van der Waals surface area contributed by atoms with E-state index in [1.807, 2.05) is 29.2 Å². The maximum absolute atomic E-state index is 12.8. The van der Waals surface area contributed by atoms with Gasteiger partial charge in [0.15, 0.2) is 0 Å². The number of carbonyl (C=O) groups excluding carboxylic acids is 2. The zero-order valence-corrected chi connectivity index (χ0v) is 15.8. The van der Waals surface area contributed by atoms with Crippen LogP contribution < -0.4 is 5.32 Å². The van der Waals surface area contributed by atoms with Gasteiger partial charge in [0.25, 0.3) is 5.91 Å². The largest absolute Gasteiger partial charge is 0.355 e. The van der Waals surface area contributed by atoms with Crippen molar-refractivity contribution in [3.8, 4) is 0 Å².